The van der Waals surface area contributed by atoms with Crippen molar-refractivity contribution < 1.29 is 9.90 Å². The maximum Gasteiger partial charge on any atom is 0.326 e. The molecule has 94 valence electrons. The molecule has 0 fully saturated rings. The Hall–Kier alpha value is -1.77. The van der Waals surface area contributed by atoms with Crippen molar-refractivity contribution in [2.24, 2.45) is 5.92 Å². The molecule has 0 aromatic heterocycles. The van der Waals surface area contributed by atoms with Crippen LogP contribution in [0.5, 0.6) is 0 Å². The zero-order valence-corrected chi connectivity index (χ0v) is 10.4. The van der Waals surface area contributed by atoms with Crippen LogP contribution >= 0.6 is 0 Å². The first-order valence-corrected chi connectivity index (χ1v) is 6.49. The number of carboxylic acids is 1. The predicted octanol–water partition coefficient (Wildman–Crippen LogP) is 2.79. The number of hydrogen-bond donors (Lipinski definition) is 2. The number of allylic oxidation sites excluding steroid dienone is 2. The van der Waals surface area contributed by atoms with Gasteiger partial charge >= 0.3 is 5.97 Å². The lowest BCUT2D eigenvalue weighted by Crippen LogP contribution is -2.41. The Morgan fingerprint density at radius 2 is 2.33 bits per heavy atom. The number of aliphatic carboxylic acids is 1. The summed E-state index contributed by atoms with van der Waals surface area (Å²) in [4.78, 5) is 11.3. The maximum atomic E-state index is 11.3. The fourth-order valence-electron chi connectivity index (χ4n) is 3.11. The van der Waals surface area contributed by atoms with Crippen LogP contribution in [0.3, 0.4) is 0 Å². The Balaban J connectivity index is 2.06. The normalized spacial score (nSPS) is 28.4. The first-order chi connectivity index (χ1) is 8.70. The first-order valence-electron chi connectivity index (χ1n) is 6.49. The summed E-state index contributed by atoms with van der Waals surface area (Å²) in [5.74, 6) is -0.338. The van der Waals surface area contributed by atoms with Gasteiger partial charge in [-0.2, -0.15) is 0 Å². The number of carbonyl (C=O) groups is 1. The van der Waals surface area contributed by atoms with Crippen LogP contribution in [0.1, 0.15) is 30.4 Å². The van der Waals surface area contributed by atoms with E-state index in [-0.39, 0.29) is 11.8 Å². The number of anilines is 1. The van der Waals surface area contributed by atoms with Crippen LogP contribution in [0, 0.1) is 5.92 Å². The van der Waals surface area contributed by atoms with Crippen molar-refractivity contribution in [3.63, 3.8) is 0 Å². The maximum absolute atomic E-state index is 11.3. The molecule has 3 heteroatoms. The van der Waals surface area contributed by atoms with E-state index in [9.17, 15) is 9.90 Å². The van der Waals surface area contributed by atoms with Gasteiger partial charge in [0.05, 0.1) is 0 Å². The highest BCUT2D eigenvalue weighted by Gasteiger charge is 2.40. The molecule has 0 bridgehead atoms. The number of fused-ring (bicyclic) bond motifs is 3. The van der Waals surface area contributed by atoms with Gasteiger partial charge in [-0.25, -0.2) is 4.79 Å². The zero-order valence-electron chi connectivity index (χ0n) is 10.4. The molecule has 0 amide bonds. The van der Waals surface area contributed by atoms with Gasteiger partial charge in [0.2, 0.25) is 0 Å². The summed E-state index contributed by atoms with van der Waals surface area (Å²) in [6.07, 6.45) is 6.14. The van der Waals surface area contributed by atoms with E-state index in [1.807, 2.05) is 6.07 Å². The second-order valence-corrected chi connectivity index (χ2v) is 5.09. The fraction of sp³-hybridized carbons (Fsp3) is 0.400. The Morgan fingerprint density at radius 1 is 1.50 bits per heavy atom. The molecule has 18 heavy (non-hydrogen) atoms. The van der Waals surface area contributed by atoms with Crippen molar-refractivity contribution in [2.45, 2.75) is 31.7 Å². The molecule has 1 aliphatic heterocycles. The van der Waals surface area contributed by atoms with Gasteiger partial charge in [-0.05, 0) is 30.0 Å². The number of benzene rings is 1. The number of nitrogens with one attached hydrogen (secondary N) is 1. The topological polar surface area (TPSA) is 49.3 Å². The summed E-state index contributed by atoms with van der Waals surface area (Å²) in [5, 5.41) is 12.5. The average Bonchev–Trinajstić information content (AvgIpc) is 2.86. The molecule has 3 atom stereocenters. The molecule has 0 spiro atoms. The van der Waals surface area contributed by atoms with Crippen molar-refractivity contribution in [2.75, 3.05) is 5.32 Å². The molecule has 3 nitrogen and oxygen atoms in total. The van der Waals surface area contributed by atoms with Gasteiger partial charge in [0, 0.05) is 17.5 Å². The lowest BCUT2D eigenvalue weighted by Gasteiger charge is -2.35. The molecule has 2 aliphatic rings. The standard InChI is InChI=1S/C15H17NO2/c1-2-9-6-7-13-12(8-9)10-4-3-5-11(10)14(16-13)15(17)18/h3-4,6-8,10-11,14,16H,2,5H2,1H3,(H,17,18)/t10-,11+,14+/m1/s1. The minimum Gasteiger partial charge on any atom is -0.480 e. The van der Waals surface area contributed by atoms with E-state index < -0.39 is 12.0 Å². The summed E-state index contributed by atoms with van der Waals surface area (Å²) < 4.78 is 0. The van der Waals surface area contributed by atoms with E-state index >= 15 is 0 Å². The van der Waals surface area contributed by atoms with Gasteiger partial charge in [-0.3, -0.25) is 0 Å². The van der Waals surface area contributed by atoms with Crippen LogP contribution in [-0.2, 0) is 11.2 Å². The van der Waals surface area contributed by atoms with E-state index in [1.54, 1.807) is 0 Å². The SMILES string of the molecule is CCc1ccc2c(c1)[C@@H]1C=CC[C@@H]1[C@@H](C(=O)O)N2. The molecule has 0 radical (unpaired) electrons. The number of carboxylic acid groups (broad SMARTS) is 1. The zero-order chi connectivity index (χ0) is 12.7. The highest BCUT2D eigenvalue weighted by Crippen LogP contribution is 2.44. The smallest absolute Gasteiger partial charge is 0.326 e. The molecule has 3 rings (SSSR count). The van der Waals surface area contributed by atoms with Crippen LogP contribution in [0.2, 0.25) is 0 Å². The fourth-order valence-corrected chi connectivity index (χ4v) is 3.11. The summed E-state index contributed by atoms with van der Waals surface area (Å²) in [6, 6.07) is 5.84. The van der Waals surface area contributed by atoms with Crippen LogP contribution in [-0.4, -0.2) is 17.1 Å². The van der Waals surface area contributed by atoms with Gasteiger partial charge in [-0.15, -0.1) is 0 Å². The van der Waals surface area contributed by atoms with E-state index in [4.69, 9.17) is 0 Å². The lowest BCUT2D eigenvalue weighted by atomic mass is 9.79. The average molecular weight is 243 g/mol. The molecular weight excluding hydrogens is 226 g/mol. The molecule has 1 aromatic rings. The largest absolute Gasteiger partial charge is 0.480 e. The summed E-state index contributed by atoms with van der Waals surface area (Å²) >= 11 is 0. The van der Waals surface area contributed by atoms with Crippen LogP contribution in [0.4, 0.5) is 5.69 Å². The molecule has 0 saturated heterocycles. The third-order valence-corrected chi connectivity index (χ3v) is 4.10. The Morgan fingerprint density at radius 3 is 3.06 bits per heavy atom. The van der Waals surface area contributed by atoms with Gasteiger partial charge < -0.3 is 10.4 Å². The molecule has 1 aliphatic carbocycles. The molecule has 2 N–H and O–H groups in total. The third-order valence-electron chi connectivity index (χ3n) is 4.10. The Kier molecular flexibility index (Phi) is 2.62. The monoisotopic (exact) mass is 243 g/mol. The second kappa shape index (κ2) is 4.16. The number of rotatable bonds is 2. The van der Waals surface area contributed by atoms with Crippen molar-refractivity contribution >= 4 is 11.7 Å². The van der Waals surface area contributed by atoms with Crippen molar-refractivity contribution in [3.8, 4) is 0 Å². The first kappa shape index (κ1) is 11.3. The minimum absolute atomic E-state index is 0.155. The molecule has 1 aromatic carbocycles. The minimum atomic E-state index is -0.751. The van der Waals surface area contributed by atoms with Crippen LogP contribution < -0.4 is 5.32 Å². The van der Waals surface area contributed by atoms with Crippen LogP contribution in [0.15, 0.2) is 30.4 Å². The Labute approximate surface area is 107 Å². The van der Waals surface area contributed by atoms with E-state index in [0.29, 0.717) is 0 Å². The highest BCUT2D eigenvalue weighted by atomic mass is 16.4. The number of hydrogen-bond acceptors (Lipinski definition) is 2. The summed E-state index contributed by atoms with van der Waals surface area (Å²) in [6.45, 7) is 2.14. The number of aryl methyl sites for hydroxylation is 1. The van der Waals surface area contributed by atoms with Crippen molar-refractivity contribution in [3.05, 3.63) is 41.5 Å². The van der Waals surface area contributed by atoms with Crippen molar-refractivity contribution in [1.82, 2.24) is 0 Å². The van der Waals surface area contributed by atoms with Gasteiger partial charge in [0.1, 0.15) is 6.04 Å². The van der Waals surface area contributed by atoms with Gasteiger partial charge in [0.25, 0.3) is 0 Å². The molecule has 1 heterocycles. The van der Waals surface area contributed by atoms with E-state index in [1.165, 1.54) is 11.1 Å². The quantitative estimate of drug-likeness (QED) is 0.785. The Bertz CT molecular complexity index is 521. The summed E-state index contributed by atoms with van der Waals surface area (Å²) in [7, 11) is 0. The van der Waals surface area contributed by atoms with Gasteiger partial charge in [-0.1, -0.05) is 31.2 Å². The van der Waals surface area contributed by atoms with Crippen molar-refractivity contribution in [1.29, 1.82) is 0 Å². The van der Waals surface area contributed by atoms with E-state index in [0.717, 1.165) is 18.5 Å². The highest BCUT2D eigenvalue weighted by molar-refractivity contribution is 5.80. The van der Waals surface area contributed by atoms with Gasteiger partial charge in [0.15, 0.2) is 0 Å². The second-order valence-electron chi connectivity index (χ2n) is 5.09. The lowest BCUT2D eigenvalue weighted by molar-refractivity contribution is -0.139. The molecular formula is C15H17NO2. The third kappa shape index (κ3) is 1.62. The van der Waals surface area contributed by atoms with E-state index in [2.05, 4.69) is 36.5 Å². The predicted molar refractivity (Wildman–Crippen MR) is 70.9 cm³/mol. The molecule has 0 saturated carbocycles. The summed E-state index contributed by atoms with van der Waals surface area (Å²) in [5.41, 5.74) is 3.54. The van der Waals surface area contributed by atoms with Crippen LogP contribution in [0.25, 0.3) is 0 Å². The molecule has 0 unspecified atom stereocenters.